The summed E-state index contributed by atoms with van der Waals surface area (Å²) in [5.41, 5.74) is 0.903. The van der Waals surface area contributed by atoms with E-state index in [9.17, 15) is 9.18 Å². The molecule has 1 aromatic carbocycles. The lowest BCUT2D eigenvalue weighted by molar-refractivity contribution is -0.131. The smallest absolute Gasteiger partial charge is 0.328 e. The Kier molecular flexibility index (Phi) is 6.52. The zero-order valence-electron chi connectivity index (χ0n) is 12.6. The minimum atomic E-state index is -1.07. The molecule has 116 valence electrons. The zero-order chi connectivity index (χ0) is 15.9. The molecule has 1 rings (SSSR count). The first kappa shape index (κ1) is 17.3. The number of hydrogen-bond donors (Lipinski definition) is 1. The van der Waals surface area contributed by atoms with Gasteiger partial charge in [-0.1, -0.05) is 0 Å². The third-order valence-electron chi connectivity index (χ3n) is 3.07. The van der Waals surface area contributed by atoms with Gasteiger partial charge in [-0.2, -0.15) is 0 Å². The Morgan fingerprint density at radius 1 is 1.38 bits per heavy atom. The SMILES string of the molecule is COC(C)(C)CCOCc1cc(F)cc(/C=C/C(=O)O)c1. The molecule has 0 heterocycles. The Morgan fingerprint density at radius 2 is 2.10 bits per heavy atom. The molecule has 0 bridgehead atoms. The largest absolute Gasteiger partial charge is 0.478 e. The average Bonchev–Trinajstić information content (AvgIpc) is 2.41. The molecule has 4 nitrogen and oxygen atoms in total. The van der Waals surface area contributed by atoms with Crippen molar-refractivity contribution in [3.05, 3.63) is 41.2 Å². The van der Waals surface area contributed by atoms with Crippen LogP contribution in [-0.2, 0) is 20.9 Å². The van der Waals surface area contributed by atoms with E-state index in [1.807, 2.05) is 13.8 Å². The zero-order valence-corrected chi connectivity index (χ0v) is 12.6. The number of rotatable bonds is 8. The van der Waals surface area contributed by atoms with Crippen LogP contribution in [0.5, 0.6) is 0 Å². The third kappa shape index (κ3) is 7.02. The number of carboxylic acids is 1. The number of aliphatic carboxylic acids is 1. The van der Waals surface area contributed by atoms with Crippen LogP contribution in [0.15, 0.2) is 24.3 Å². The predicted octanol–water partition coefficient (Wildman–Crippen LogP) is 3.26. The van der Waals surface area contributed by atoms with Gasteiger partial charge in [0.25, 0.3) is 0 Å². The van der Waals surface area contributed by atoms with Crippen LogP contribution in [0.25, 0.3) is 6.08 Å². The maximum absolute atomic E-state index is 13.4. The molecule has 0 aliphatic rings. The van der Waals surface area contributed by atoms with Gasteiger partial charge < -0.3 is 14.6 Å². The number of methoxy groups -OCH3 is 1. The van der Waals surface area contributed by atoms with Gasteiger partial charge in [0.05, 0.1) is 12.2 Å². The molecule has 0 amide bonds. The van der Waals surface area contributed by atoms with E-state index in [1.165, 1.54) is 18.2 Å². The fourth-order valence-electron chi connectivity index (χ4n) is 1.63. The van der Waals surface area contributed by atoms with Crippen LogP contribution in [-0.4, -0.2) is 30.4 Å². The Labute approximate surface area is 124 Å². The number of carbonyl (C=O) groups is 1. The van der Waals surface area contributed by atoms with E-state index in [-0.39, 0.29) is 12.2 Å². The van der Waals surface area contributed by atoms with Crippen molar-refractivity contribution in [3.63, 3.8) is 0 Å². The number of ether oxygens (including phenoxy) is 2. The lowest BCUT2D eigenvalue weighted by atomic mass is 10.1. The van der Waals surface area contributed by atoms with Crippen LogP contribution in [0.2, 0.25) is 0 Å². The molecule has 1 aromatic rings. The van der Waals surface area contributed by atoms with Crippen molar-refractivity contribution in [3.8, 4) is 0 Å². The summed E-state index contributed by atoms with van der Waals surface area (Å²) in [5.74, 6) is -1.49. The molecule has 0 radical (unpaired) electrons. The molecule has 0 saturated carbocycles. The molecule has 0 unspecified atom stereocenters. The first-order valence-corrected chi connectivity index (χ1v) is 6.66. The fraction of sp³-hybridized carbons (Fsp3) is 0.438. The van der Waals surface area contributed by atoms with Gasteiger partial charge in [-0.3, -0.25) is 0 Å². The van der Waals surface area contributed by atoms with Crippen LogP contribution in [0, 0.1) is 5.82 Å². The molecule has 0 aliphatic heterocycles. The summed E-state index contributed by atoms with van der Waals surface area (Å²) in [7, 11) is 1.65. The van der Waals surface area contributed by atoms with Gasteiger partial charge in [0.15, 0.2) is 0 Å². The molecule has 0 aliphatic carbocycles. The Balaban J connectivity index is 2.57. The third-order valence-corrected chi connectivity index (χ3v) is 3.07. The first-order valence-electron chi connectivity index (χ1n) is 6.66. The highest BCUT2D eigenvalue weighted by atomic mass is 19.1. The monoisotopic (exact) mass is 296 g/mol. The number of carboxylic acid groups (broad SMARTS) is 1. The second-order valence-electron chi connectivity index (χ2n) is 5.33. The van der Waals surface area contributed by atoms with Crippen LogP contribution in [0.1, 0.15) is 31.4 Å². The minimum Gasteiger partial charge on any atom is -0.478 e. The Hall–Kier alpha value is -1.72. The molecular formula is C16H21FO4. The maximum atomic E-state index is 13.4. The predicted molar refractivity (Wildman–Crippen MR) is 78.4 cm³/mol. The van der Waals surface area contributed by atoms with Gasteiger partial charge in [0.1, 0.15) is 5.82 Å². The van der Waals surface area contributed by atoms with E-state index in [4.69, 9.17) is 14.6 Å². The number of hydrogen-bond acceptors (Lipinski definition) is 3. The minimum absolute atomic E-state index is 0.253. The van der Waals surface area contributed by atoms with Crippen LogP contribution < -0.4 is 0 Å². The Bertz CT molecular complexity index is 509. The number of benzene rings is 1. The summed E-state index contributed by atoms with van der Waals surface area (Å²) in [4.78, 5) is 10.5. The average molecular weight is 296 g/mol. The molecule has 0 spiro atoms. The van der Waals surface area contributed by atoms with Crippen molar-refractivity contribution >= 4 is 12.0 Å². The highest BCUT2D eigenvalue weighted by Gasteiger charge is 2.15. The molecule has 0 fully saturated rings. The van der Waals surface area contributed by atoms with E-state index >= 15 is 0 Å². The molecule has 0 saturated heterocycles. The van der Waals surface area contributed by atoms with E-state index < -0.39 is 11.8 Å². The second-order valence-corrected chi connectivity index (χ2v) is 5.33. The van der Waals surface area contributed by atoms with Crippen LogP contribution in [0.4, 0.5) is 4.39 Å². The normalized spacial score (nSPS) is 12.0. The van der Waals surface area contributed by atoms with Gasteiger partial charge >= 0.3 is 5.97 Å². The molecule has 5 heteroatoms. The summed E-state index contributed by atoms with van der Waals surface area (Å²) in [6, 6.07) is 4.35. The summed E-state index contributed by atoms with van der Waals surface area (Å²) in [6.07, 6.45) is 3.05. The molecular weight excluding hydrogens is 275 g/mol. The topological polar surface area (TPSA) is 55.8 Å². The highest BCUT2D eigenvalue weighted by Crippen LogP contribution is 2.15. The lowest BCUT2D eigenvalue weighted by Crippen LogP contribution is -2.24. The Morgan fingerprint density at radius 3 is 2.71 bits per heavy atom. The van der Waals surface area contributed by atoms with Crippen molar-refractivity contribution in [2.24, 2.45) is 0 Å². The quantitative estimate of drug-likeness (QED) is 0.591. The van der Waals surface area contributed by atoms with Crippen LogP contribution >= 0.6 is 0 Å². The fourth-order valence-corrected chi connectivity index (χ4v) is 1.63. The standard InChI is InChI=1S/C16H21FO4/c1-16(2,20-3)6-7-21-11-13-8-12(4-5-15(18)19)9-14(17)10-13/h4-5,8-10H,6-7,11H2,1-3H3,(H,18,19)/b5-4+. The van der Waals surface area contributed by atoms with Crippen molar-refractivity contribution in [2.45, 2.75) is 32.5 Å². The van der Waals surface area contributed by atoms with Crippen molar-refractivity contribution in [2.75, 3.05) is 13.7 Å². The molecule has 1 N–H and O–H groups in total. The summed E-state index contributed by atoms with van der Waals surface area (Å²) >= 11 is 0. The number of halogens is 1. The van der Waals surface area contributed by atoms with E-state index in [1.54, 1.807) is 13.2 Å². The summed E-state index contributed by atoms with van der Waals surface area (Å²) in [6.45, 7) is 4.70. The van der Waals surface area contributed by atoms with Crippen molar-refractivity contribution in [1.82, 2.24) is 0 Å². The molecule has 0 atom stereocenters. The van der Waals surface area contributed by atoms with Crippen LogP contribution in [0.3, 0.4) is 0 Å². The van der Waals surface area contributed by atoms with E-state index in [0.717, 1.165) is 12.5 Å². The van der Waals surface area contributed by atoms with Crippen molar-refractivity contribution < 1.29 is 23.8 Å². The van der Waals surface area contributed by atoms with E-state index in [2.05, 4.69) is 0 Å². The van der Waals surface area contributed by atoms with Gasteiger partial charge in [0.2, 0.25) is 0 Å². The lowest BCUT2D eigenvalue weighted by Gasteiger charge is -2.22. The summed E-state index contributed by atoms with van der Waals surface area (Å²) in [5, 5.41) is 8.57. The molecule has 0 aromatic heterocycles. The van der Waals surface area contributed by atoms with Gasteiger partial charge in [0, 0.05) is 19.8 Å². The molecule has 21 heavy (non-hydrogen) atoms. The first-order chi connectivity index (χ1) is 9.82. The van der Waals surface area contributed by atoms with Gasteiger partial charge in [-0.05, 0) is 55.7 Å². The van der Waals surface area contributed by atoms with Crippen molar-refractivity contribution in [1.29, 1.82) is 0 Å². The second kappa shape index (κ2) is 7.90. The van der Waals surface area contributed by atoms with E-state index in [0.29, 0.717) is 17.7 Å². The maximum Gasteiger partial charge on any atom is 0.328 e. The van der Waals surface area contributed by atoms with Gasteiger partial charge in [-0.15, -0.1) is 0 Å². The van der Waals surface area contributed by atoms with Gasteiger partial charge in [-0.25, -0.2) is 9.18 Å². The highest BCUT2D eigenvalue weighted by molar-refractivity contribution is 5.85. The summed E-state index contributed by atoms with van der Waals surface area (Å²) < 4.78 is 24.2.